The summed E-state index contributed by atoms with van der Waals surface area (Å²) in [6, 6.07) is 7.13. The second kappa shape index (κ2) is 8.63. The number of rotatable bonds is 7. The van der Waals surface area contributed by atoms with Gasteiger partial charge in [0.05, 0.1) is 20.8 Å². The molecule has 0 heterocycles. The average molecular weight is 293 g/mol. The lowest BCUT2D eigenvalue weighted by molar-refractivity contribution is -0.144. The first kappa shape index (κ1) is 16.6. The van der Waals surface area contributed by atoms with E-state index < -0.39 is 11.9 Å². The van der Waals surface area contributed by atoms with Gasteiger partial charge in [-0.2, -0.15) is 0 Å². The Hall–Kier alpha value is -2.50. The van der Waals surface area contributed by atoms with E-state index in [1.807, 2.05) is 6.92 Å². The highest BCUT2D eigenvalue weighted by atomic mass is 16.5. The number of ether oxygens (including phenoxy) is 3. The molecule has 1 N–H and O–H groups in total. The molecule has 0 fully saturated rings. The molecule has 0 aliphatic heterocycles. The predicted octanol–water partition coefficient (Wildman–Crippen LogP) is 2.12. The molecule has 1 rings (SSSR count). The van der Waals surface area contributed by atoms with E-state index in [4.69, 9.17) is 4.74 Å². The fourth-order valence-electron chi connectivity index (χ4n) is 1.44. The molecule has 1 aromatic rings. The third-order valence-electron chi connectivity index (χ3n) is 2.52. The molecule has 0 saturated carbocycles. The van der Waals surface area contributed by atoms with Crippen molar-refractivity contribution in [1.82, 2.24) is 0 Å². The van der Waals surface area contributed by atoms with Gasteiger partial charge in [0.15, 0.2) is 5.57 Å². The first-order valence-corrected chi connectivity index (χ1v) is 6.48. The number of methoxy groups -OCH3 is 2. The van der Waals surface area contributed by atoms with Crippen LogP contribution < -0.4 is 10.1 Å². The molecule has 0 bridgehead atoms. The van der Waals surface area contributed by atoms with E-state index in [0.717, 1.165) is 12.2 Å². The van der Waals surface area contributed by atoms with Crippen molar-refractivity contribution in [2.45, 2.75) is 13.3 Å². The van der Waals surface area contributed by atoms with Gasteiger partial charge in [-0.15, -0.1) is 0 Å². The minimum Gasteiger partial charge on any atom is -0.494 e. The van der Waals surface area contributed by atoms with Crippen molar-refractivity contribution in [1.29, 1.82) is 0 Å². The SMILES string of the molecule is CCCOc1ccc(NC=C(C(=O)OC)C(=O)OC)cc1. The monoisotopic (exact) mass is 293 g/mol. The van der Waals surface area contributed by atoms with Crippen LogP contribution in [-0.2, 0) is 19.1 Å². The van der Waals surface area contributed by atoms with Crippen molar-refractivity contribution >= 4 is 17.6 Å². The highest BCUT2D eigenvalue weighted by molar-refractivity contribution is 6.14. The second-order valence-corrected chi connectivity index (χ2v) is 4.06. The number of benzene rings is 1. The molecular weight excluding hydrogens is 274 g/mol. The van der Waals surface area contributed by atoms with E-state index in [1.54, 1.807) is 24.3 Å². The summed E-state index contributed by atoms with van der Waals surface area (Å²) in [6.07, 6.45) is 2.18. The van der Waals surface area contributed by atoms with E-state index in [1.165, 1.54) is 20.4 Å². The van der Waals surface area contributed by atoms with E-state index in [-0.39, 0.29) is 5.57 Å². The molecule has 1 aromatic carbocycles. The number of hydrogen-bond donors (Lipinski definition) is 1. The van der Waals surface area contributed by atoms with Crippen molar-refractivity contribution in [3.63, 3.8) is 0 Å². The van der Waals surface area contributed by atoms with Gasteiger partial charge in [0, 0.05) is 11.9 Å². The summed E-state index contributed by atoms with van der Waals surface area (Å²) < 4.78 is 14.5. The molecule has 0 aliphatic carbocycles. The van der Waals surface area contributed by atoms with Crippen LogP contribution >= 0.6 is 0 Å². The Balaban J connectivity index is 2.76. The minimum absolute atomic E-state index is 0.216. The van der Waals surface area contributed by atoms with Crippen LogP contribution in [0.3, 0.4) is 0 Å². The molecule has 0 saturated heterocycles. The van der Waals surface area contributed by atoms with Crippen LogP contribution in [0.5, 0.6) is 5.75 Å². The van der Waals surface area contributed by atoms with Crippen LogP contribution in [0.1, 0.15) is 13.3 Å². The summed E-state index contributed by atoms with van der Waals surface area (Å²) in [6.45, 7) is 2.68. The Morgan fingerprint density at radius 3 is 2.14 bits per heavy atom. The van der Waals surface area contributed by atoms with Crippen molar-refractivity contribution in [2.24, 2.45) is 0 Å². The lowest BCUT2D eigenvalue weighted by Crippen LogP contribution is -2.17. The topological polar surface area (TPSA) is 73.9 Å². The van der Waals surface area contributed by atoms with E-state index in [2.05, 4.69) is 14.8 Å². The first-order valence-electron chi connectivity index (χ1n) is 6.48. The number of carbonyl (C=O) groups excluding carboxylic acids is 2. The third kappa shape index (κ3) is 5.18. The molecule has 0 unspecified atom stereocenters. The van der Waals surface area contributed by atoms with Gasteiger partial charge in [0.1, 0.15) is 5.75 Å². The van der Waals surface area contributed by atoms with Gasteiger partial charge < -0.3 is 19.5 Å². The smallest absolute Gasteiger partial charge is 0.346 e. The lowest BCUT2D eigenvalue weighted by Gasteiger charge is -2.07. The molecule has 0 aliphatic rings. The van der Waals surface area contributed by atoms with Crippen LogP contribution in [0.15, 0.2) is 36.0 Å². The summed E-state index contributed by atoms with van der Waals surface area (Å²) in [5.74, 6) is -0.776. The molecule has 114 valence electrons. The second-order valence-electron chi connectivity index (χ2n) is 4.06. The molecule has 0 amide bonds. The number of esters is 2. The molecule has 6 nitrogen and oxygen atoms in total. The molecule has 0 spiro atoms. The number of hydrogen-bond acceptors (Lipinski definition) is 6. The largest absolute Gasteiger partial charge is 0.494 e. The number of nitrogens with one attached hydrogen (secondary N) is 1. The van der Waals surface area contributed by atoms with Gasteiger partial charge in [-0.25, -0.2) is 9.59 Å². The number of anilines is 1. The lowest BCUT2D eigenvalue weighted by atomic mass is 10.2. The van der Waals surface area contributed by atoms with E-state index in [9.17, 15) is 9.59 Å². The van der Waals surface area contributed by atoms with E-state index >= 15 is 0 Å². The molecule has 0 radical (unpaired) electrons. The first-order chi connectivity index (χ1) is 10.1. The van der Waals surface area contributed by atoms with Crippen LogP contribution in [0.4, 0.5) is 5.69 Å². The maximum absolute atomic E-state index is 11.5. The Bertz CT molecular complexity index is 489. The zero-order chi connectivity index (χ0) is 15.7. The van der Waals surface area contributed by atoms with Gasteiger partial charge in [-0.05, 0) is 30.7 Å². The van der Waals surface area contributed by atoms with Gasteiger partial charge >= 0.3 is 11.9 Å². The van der Waals surface area contributed by atoms with E-state index in [0.29, 0.717) is 12.3 Å². The molecule has 0 atom stereocenters. The zero-order valence-corrected chi connectivity index (χ0v) is 12.3. The molecule has 21 heavy (non-hydrogen) atoms. The van der Waals surface area contributed by atoms with Gasteiger partial charge in [-0.3, -0.25) is 0 Å². The number of carbonyl (C=O) groups is 2. The Morgan fingerprint density at radius 1 is 1.10 bits per heavy atom. The Morgan fingerprint density at radius 2 is 1.67 bits per heavy atom. The van der Waals surface area contributed by atoms with Crippen LogP contribution in [-0.4, -0.2) is 32.8 Å². The highest BCUT2D eigenvalue weighted by Gasteiger charge is 2.19. The third-order valence-corrected chi connectivity index (χ3v) is 2.52. The fourth-order valence-corrected chi connectivity index (χ4v) is 1.44. The normalized spacial score (nSPS) is 9.48. The van der Waals surface area contributed by atoms with Gasteiger partial charge in [-0.1, -0.05) is 6.92 Å². The van der Waals surface area contributed by atoms with Crippen LogP contribution in [0.25, 0.3) is 0 Å². The summed E-state index contributed by atoms with van der Waals surface area (Å²) in [4.78, 5) is 22.9. The minimum atomic E-state index is -0.766. The molecule has 0 aromatic heterocycles. The fraction of sp³-hybridized carbons (Fsp3) is 0.333. The summed E-state index contributed by atoms with van der Waals surface area (Å²) in [5, 5.41) is 2.84. The summed E-state index contributed by atoms with van der Waals surface area (Å²) in [7, 11) is 2.39. The summed E-state index contributed by atoms with van der Waals surface area (Å²) >= 11 is 0. The summed E-state index contributed by atoms with van der Waals surface area (Å²) in [5.41, 5.74) is 0.482. The van der Waals surface area contributed by atoms with Crippen LogP contribution in [0.2, 0.25) is 0 Å². The maximum Gasteiger partial charge on any atom is 0.346 e. The van der Waals surface area contributed by atoms with Crippen molar-refractivity contribution in [3.8, 4) is 5.75 Å². The van der Waals surface area contributed by atoms with Crippen molar-refractivity contribution in [3.05, 3.63) is 36.0 Å². The van der Waals surface area contributed by atoms with Gasteiger partial charge in [0.2, 0.25) is 0 Å². The Labute approximate surface area is 123 Å². The molecular formula is C15H19NO5. The average Bonchev–Trinajstić information content (AvgIpc) is 2.53. The quantitative estimate of drug-likeness (QED) is 0.359. The maximum atomic E-state index is 11.5. The van der Waals surface area contributed by atoms with Crippen LogP contribution in [0, 0.1) is 0 Å². The Kier molecular flexibility index (Phi) is 6.80. The zero-order valence-electron chi connectivity index (χ0n) is 12.3. The van der Waals surface area contributed by atoms with Crippen molar-refractivity contribution < 1.29 is 23.8 Å². The standard InChI is InChI=1S/C15H19NO5/c1-4-9-21-12-7-5-11(6-8-12)16-10-13(14(17)19-2)15(18)20-3/h5-8,10,16H,4,9H2,1-3H3. The van der Waals surface area contributed by atoms with Crippen molar-refractivity contribution in [2.75, 3.05) is 26.1 Å². The molecule has 6 heteroatoms. The predicted molar refractivity (Wildman–Crippen MR) is 78.0 cm³/mol. The van der Waals surface area contributed by atoms with Gasteiger partial charge in [0.25, 0.3) is 0 Å². The highest BCUT2D eigenvalue weighted by Crippen LogP contribution is 2.16.